The van der Waals surface area contributed by atoms with Crippen LogP contribution in [0.3, 0.4) is 0 Å². The van der Waals surface area contributed by atoms with Gasteiger partial charge in [0.25, 0.3) is 0 Å². The zero-order chi connectivity index (χ0) is 20.3. The van der Waals surface area contributed by atoms with Crippen LogP contribution in [0.2, 0.25) is 0 Å². The molecule has 4 heteroatoms. The van der Waals surface area contributed by atoms with Crippen molar-refractivity contribution in [3.63, 3.8) is 0 Å². The van der Waals surface area contributed by atoms with Crippen molar-refractivity contribution in [2.45, 2.75) is 58.7 Å². The molecule has 0 saturated heterocycles. The maximum atomic E-state index is 6.28. The third-order valence-electron chi connectivity index (χ3n) is 5.12. The van der Waals surface area contributed by atoms with Gasteiger partial charge in [-0.2, -0.15) is 5.01 Å². The molecule has 0 fully saturated rings. The summed E-state index contributed by atoms with van der Waals surface area (Å²) in [6, 6.07) is 21.3. The maximum Gasteiger partial charge on any atom is 0.0997 e. The van der Waals surface area contributed by atoms with Crippen LogP contribution >= 0.6 is 0 Å². The van der Waals surface area contributed by atoms with E-state index in [1.807, 2.05) is 0 Å². The van der Waals surface area contributed by atoms with E-state index in [0.717, 1.165) is 52.0 Å². The zero-order valence-electron chi connectivity index (χ0n) is 17.9. The summed E-state index contributed by atoms with van der Waals surface area (Å²) in [6.45, 7) is 7.84. The Morgan fingerprint density at radius 1 is 0.897 bits per heavy atom. The molecular weight excluding hydrogens is 358 g/mol. The van der Waals surface area contributed by atoms with Gasteiger partial charge in [0.05, 0.1) is 18.5 Å². The average molecular weight is 394 g/mol. The van der Waals surface area contributed by atoms with Crippen molar-refractivity contribution in [3.8, 4) is 0 Å². The molecule has 4 nitrogen and oxygen atoms in total. The summed E-state index contributed by atoms with van der Waals surface area (Å²) < 4.78 is 6.28. The van der Waals surface area contributed by atoms with Crippen LogP contribution in [0.5, 0.6) is 0 Å². The van der Waals surface area contributed by atoms with E-state index in [9.17, 15) is 0 Å². The number of hydrogen-bond acceptors (Lipinski definition) is 4. The van der Waals surface area contributed by atoms with E-state index in [1.165, 1.54) is 16.8 Å². The van der Waals surface area contributed by atoms with E-state index in [0.29, 0.717) is 0 Å². The molecule has 2 aromatic carbocycles. The molecule has 0 amide bonds. The Bertz CT molecular complexity index is 732. The van der Waals surface area contributed by atoms with Crippen molar-refractivity contribution < 1.29 is 4.74 Å². The van der Waals surface area contributed by atoms with Crippen LogP contribution < -0.4 is 5.43 Å². The summed E-state index contributed by atoms with van der Waals surface area (Å²) in [5, 5.41) is 2.29. The van der Waals surface area contributed by atoms with Crippen LogP contribution in [0.4, 0.5) is 0 Å². The molecule has 0 aliphatic carbocycles. The maximum absolute atomic E-state index is 6.28. The Balaban J connectivity index is 1.76. The highest BCUT2D eigenvalue weighted by Crippen LogP contribution is 2.20. The van der Waals surface area contributed by atoms with Gasteiger partial charge in [0.2, 0.25) is 0 Å². The number of nitrogens with one attached hydrogen (secondary N) is 1. The van der Waals surface area contributed by atoms with Gasteiger partial charge in [0.1, 0.15) is 0 Å². The van der Waals surface area contributed by atoms with Crippen LogP contribution in [0, 0.1) is 0 Å². The highest BCUT2D eigenvalue weighted by Gasteiger charge is 2.23. The second-order valence-corrected chi connectivity index (χ2v) is 7.76. The van der Waals surface area contributed by atoms with Gasteiger partial charge < -0.3 is 15.1 Å². The predicted octanol–water partition coefficient (Wildman–Crippen LogP) is 5.29. The first kappa shape index (κ1) is 21.4. The first-order valence-corrected chi connectivity index (χ1v) is 10.9. The molecule has 0 bridgehead atoms. The molecule has 1 aliphatic rings. The number of benzene rings is 2. The lowest BCUT2D eigenvalue weighted by Crippen LogP contribution is -2.50. The van der Waals surface area contributed by atoms with Crippen LogP contribution in [-0.2, 0) is 17.8 Å². The summed E-state index contributed by atoms with van der Waals surface area (Å²) in [4.78, 5) is 2.38. The van der Waals surface area contributed by atoms with Crippen molar-refractivity contribution in [1.82, 2.24) is 15.3 Å². The molecule has 3 rings (SSSR count). The van der Waals surface area contributed by atoms with Crippen molar-refractivity contribution >= 4 is 0 Å². The third kappa shape index (κ3) is 6.91. The molecule has 1 atom stereocenters. The number of hydrazine groups is 1. The van der Waals surface area contributed by atoms with Gasteiger partial charge in [-0.25, -0.2) is 0 Å². The molecule has 0 saturated carbocycles. The Morgan fingerprint density at radius 3 is 2.17 bits per heavy atom. The molecule has 2 aromatic rings. The topological polar surface area (TPSA) is 27.7 Å². The van der Waals surface area contributed by atoms with Crippen molar-refractivity contribution in [1.29, 1.82) is 0 Å². The van der Waals surface area contributed by atoms with Crippen LogP contribution in [0.15, 0.2) is 72.6 Å². The Labute approximate surface area is 176 Å². The highest BCUT2D eigenvalue weighted by molar-refractivity contribution is 5.18. The van der Waals surface area contributed by atoms with Crippen LogP contribution in [0.25, 0.3) is 0 Å². The standard InChI is InChI=1S/C25H35N3O/c1-3-5-17-29-25(12-4-2)24-20-27(18-22-13-8-6-9-14-22)21-28(26-24)19-23-15-10-7-11-16-23/h6-11,13-16,20,25-26H,3-5,12,17-19,21H2,1-2H3. The van der Waals surface area contributed by atoms with Crippen molar-refractivity contribution in [2.75, 3.05) is 13.3 Å². The largest absolute Gasteiger partial charge is 0.372 e. The Kier molecular flexibility index (Phi) is 8.59. The lowest BCUT2D eigenvalue weighted by atomic mass is 10.1. The molecule has 0 aromatic heterocycles. The number of hydrogen-bond donors (Lipinski definition) is 1. The van der Waals surface area contributed by atoms with Gasteiger partial charge >= 0.3 is 0 Å². The fourth-order valence-corrected chi connectivity index (χ4v) is 3.63. The first-order valence-electron chi connectivity index (χ1n) is 10.9. The smallest absolute Gasteiger partial charge is 0.0997 e. The van der Waals surface area contributed by atoms with Crippen molar-refractivity contribution in [2.24, 2.45) is 0 Å². The van der Waals surface area contributed by atoms with E-state index in [4.69, 9.17) is 4.74 Å². The minimum absolute atomic E-state index is 0.114. The Morgan fingerprint density at radius 2 is 1.55 bits per heavy atom. The fraction of sp³-hybridized carbons (Fsp3) is 0.440. The second kappa shape index (κ2) is 11.6. The van der Waals surface area contributed by atoms with Crippen LogP contribution in [0.1, 0.15) is 50.7 Å². The van der Waals surface area contributed by atoms with Gasteiger partial charge in [0, 0.05) is 25.9 Å². The minimum Gasteiger partial charge on any atom is -0.372 e. The van der Waals surface area contributed by atoms with Gasteiger partial charge in [0.15, 0.2) is 0 Å². The molecule has 156 valence electrons. The molecule has 1 aliphatic heterocycles. The number of ether oxygens (including phenoxy) is 1. The van der Waals surface area contributed by atoms with E-state index in [1.54, 1.807) is 0 Å². The normalized spacial score (nSPS) is 15.7. The van der Waals surface area contributed by atoms with E-state index >= 15 is 0 Å². The summed E-state index contributed by atoms with van der Waals surface area (Å²) in [5.74, 6) is 0. The zero-order valence-corrected chi connectivity index (χ0v) is 17.9. The molecule has 0 spiro atoms. The number of unbranched alkanes of at least 4 members (excludes halogenated alkanes) is 1. The molecule has 1 N–H and O–H groups in total. The summed E-state index contributed by atoms with van der Waals surface area (Å²) in [7, 11) is 0. The summed E-state index contributed by atoms with van der Waals surface area (Å²) >= 11 is 0. The first-order chi connectivity index (χ1) is 14.3. The van der Waals surface area contributed by atoms with Gasteiger partial charge in [-0.1, -0.05) is 87.4 Å². The summed E-state index contributed by atoms with van der Waals surface area (Å²) in [6.07, 6.45) is 6.78. The number of nitrogens with zero attached hydrogens (tertiary/aromatic N) is 2. The van der Waals surface area contributed by atoms with Gasteiger partial charge in [-0.3, -0.25) is 0 Å². The lowest BCUT2D eigenvalue weighted by Gasteiger charge is -2.39. The average Bonchev–Trinajstić information content (AvgIpc) is 2.74. The Hall–Kier alpha value is -2.30. The molecule has 29 heavy (non-hydrogen) atoms. The quantitative estimate of drug-likeness (QED) is 0.525. The van der Waals surface area contributed by atoms with Crippen molar-refractivity contribution in [3.05, 3.63) is 83.7 Å². The van der Waals surface area contributed by atoms with E-state index in [2.05, 4.69) is 96.0 Å². The van der Waals surface area contributed by atoms with Gasteiger partial charge in [-0.05, 0) is 24.0 Å². The SMILES string of the molecule is CCCCOC(CCC)C1=CN(Cc2ccccc2)CN(Cc2ccccc2)N1. The third-order valence-corrected chi connectivity index (χ3v) is 5.12. The van der Waals surface area contributed by atoms with E-state index < -0.39 is 0 Å². The second-order valence-electron chi connectivity index (χ2n) is 7.76. The molecule has 1 heterocycles. The molecule has 0 radical (unpaired) electrons. The lowest BCUT2D eigenvalue weighted by molar-refractivity contribution is 0.0273. The minimum atomic E-state index is 0.114. The van der Waals surface area contributed by atoms with Crippen LogP contribution in [-0.4, -0.2) is 29.3 Å². The predicted molar refractivity (Wildman–Crippen MR) is 120 cm³/mol. The summed E-state index contributed by atoms with van der Waals surface area (Å²) in [5.41, 5.74) is 7.45. The fourth-order valence-electron chi connectivity index (χ4n) is 3.63. The highest BCUT2D eigenvalue weighted by atomic mass is 16.5. The van der Waals surface area contributed by atoms with Gasteiger partial charge in [-0.15, -0.1) is 0 Å². The monoisotopic (exact) mass is 393 g/mol. The molecule has 1 unspecified atom stereocenters. The molecular formula is C25H35N3O. The van der Waals surface area contributed by atoms with E-state index in [-0.39, 0.29) is 6.10 Å². The number of rotatable bonds is 11.